The van der Waals surface area contributed by atoms with E-state index in [-0.39, 0.29) is 6.09 Å². The maximum atomic E-state index is 11.2. The van der Waals surface area contributed by atoms with Crippen molar-refractivity contribution in [3.8, 4) is 0 Å². The summed E-state index contributed by atoms with van der Waals surface area (Å²) in [5.74, 6) is 1.30. The van der Waals surface area contributed by atoms with Gasteiger partial charge in [0.1, 0.15) is 0 Å². The molecule has 3 heteroatoms. The first-order valence-corrected chi connectivity index (χ1v) is 5.56. The lowest BCUT2D eigenvalue weighted by Gasteiger charge is -2.32. The Morgan fingerprint density at radius 3 is 2.79 bits per heavy atom. The number of nitrogens with one attached hydrogen (secondary N) is 1. The predicted octanol–water partition coefficient (Wildman–Crippen LogP) is 2.56. The van der Waals surface area contributed by atoms with Crippen LogP contribution in [0.3, 0.4) is 0 Å². The van der Waals surface area contributed by atoms with E-state index in [2.05, 4.69) is 19.2 Å². The number of hydrogen-bond donors (Lipinski definition) is 1. The zero-order valence-electron chi connectivity index (χ0n) is 9.38. The van der Waals surface area contributed by atoms with Crippen LogP contribution in [0.25, 0.3) is 0 Å². The quantitative estimate of drug-likeness (QED) is 0.742. The van der Waals surface area contributed by atoms with Crippen molar-refractivity contribution in [1.82, 2.24) is 5.32 Å². The van der Waals surface area contributed by atoms with Gasteiger partial charge in [-0.25, -0.2) is 4.79 Å². The Balaban J connectivity index is 2.37. The van der Waals surface area contributed by atoms with E-state index in [4.69, 9.17) is 4.74 Å². The van der Waals surface area contributed by atoms with Gasteiger partial charge in [0.2, 0.25) is 0 Å². The SMILES string of the molecule is CCOC(=O)NC1CC(C)CCC1C. The highest BCUT2D eigenvalue weighted by atomic mass is 16.5. The summed E-state index contributed by atoms with van der Waals surface area (Å²) in [5.41, 5.74) is 0. The van der Waals surface area contributed by atoms with Crippen LogP contribution < -0.4 is 5.32 Å². The summed E-state index contributed by atoms with van der Waals surface area (Å²) in [6, 6.07) is 0.304. The minimum absolute atomic E-state index is 0.265. The fraction of sp³-hybridized carbons (Fsp3) is 0.909. The van der Waals surface area contributed by atoms with Crippen molar-refractivity contribution in [3.63, 3.8) is 0 Å². The molecule has 14 heavy (non-hydrogen) atoms. The third-order valence-electron chi connectivity index (χ3n) is 3.04. The normalized spacial score (nSPS) is 32.4. The van der Waals surface area contributed by atoms with Gasteiger partial charge < -0.3 is 10.1 Å². The molecule has 0 aromatic rings. The molecule has 0 bridgehead atoms. The van der Waals surface area contributed by atoms with Crippen molar-refractivity contribution in [2.75, 3.05) is 6.61 Å². The smallest absolute Gasteiger partial charge is 0.407 e. The van der Waals surface area contributed by atoms with E-state index >= 15 is 0 Å². The Bertz CT molecular complexity index is 194. The van der Waals surface area contributed by atoms with Gasteiger partial charge in [-0.1, -0.05) is 20.3 Å². The molecule has 1 fully saturated rings. The Morgan fingerprint density at radius 2 is 2.14 bits per heavy atom. The molecule has 0 heterocycles. The monoisotopic (exact) mass is 199 g/mol. The molecule has 0 radical (unpaired) electrons. The van der Waals surface area contributed by atoms with E-state index in [0.717, 1.165) is 12.3 Å². The van der Waals surface area contributed by atoms with E-state index in [1.54, 1.807) is 0 Å². The van der Waals surface area contributed by atoms with Crippen LogP contribution in [0.15, 0.2) is 0 Å². The number of amides is 1. The zero-order chi connectivity index (χ0) is 10.6. The van der Waals surface area contributed by atoms with Crippen LogP contribution in [0.1, 0.15) is 40.0 Å². The number of ether oxygens (including phenoxy) is 1. The number of carbonyl (C=O) groups excluding carboxylic acids is 1. The summed E-state index contributed by atoms with van der Waals surface area (Å²) in [6.07, 6.45) is 3.30. The highest BCUT2D eigenvalue weighted by Gasteiger charge is 2.26. The lowest BCUT2D eigenvalue weighted by molar-refractivity contribution is 0.135. The predicted molar refractivity (Wildman–Crippen MR) is 56.1 cm³/mol. The summed E-state index contributed by atoms with van der Waals surface area (Å²) in [7, 11) is 0. The van der Waals surface area contributed by atoms with Crippen molar-refractivity contribution >= 4 is 6.09 Å². The van der Waals surface area contributed by atoms with Crippen molar-refractivity contribution in [3.05, 3.63) is 0 Å². The van der Waals surface area contributed by atoms with Crippen LogP contribution in [0.5, 0.6) is 0 Å². The molecular formula is C11H21NO2. The molecule has 1 aliphatic carbocycles. The second-order valence-electron chi connectivity index (χ2n) is 4.37. The number of carbonyl (C=O) groups is 1. The lowest BCUT2D eigenvalue weighted by atomic mass is 9.80. The summed E-state index contributed by atoms with van der Waals surface area (Å²) >= 11 is 0. The van der Waals surface area contributed by atoms with Gasteiger partial charge in [0.05, 0.1) is 6.61 Å². The van der Waals surface area contributed by atoms with Gasteiger partial charge >= 0.3 is 6.09 Å². The van der Waals surface area contributed by atoms with Crippen molar-refractivity contribution < 1.29 is 9.53 Å². The van der Waals surface area contributed by atoms with Gasteiger partial charge in [0.25, 0.3) is 0 Å². The molecule has 3 unspecified atom stereocenters. The second-order valence-corrected chi connectivity index (χ2v) is 4.37. The molecule has 1 amide bonds. The van der Waals surface area contributed by atoms with Gasteiger partial charge in [0.15, 0.2) is 0 Å². The van der Waals surface area contributed by atoms with Gasteiger partial charge in [-0.3, -0.25) is 0 Å². The Kier molecular flexibility index (Phi) is 4.23. The van der Waals surface area contributed by atoms with E-state index in [1.807, 2.05) is 6.92 Å². The maximum absolute atomic E-state index is 11.2. The first-order valence-electron chi connectivity index (χ1n) is 5.56. The van der Waals surface area contributed by atoms with E-state index < -0.39 is 0 Å². The van der Waals surface area contributed by atoms with Gasteiger partial charge in [-0.2, -0.15) is 0 Å². The Morgan fingerprint density at radius 1 is 1.43 bits per heavy atom. The zero-order valence-corrected chi connectivity index (χ0v) is 9.38. The molecular weight excluding hydrogens is 178 g/mol. The summed E-state index contributed by atoms with van der Waals surface area (Å²) in [6.45, 7) is 6.71. The van der Waals surface area contributed by atoms with Crippen molar-refractivity contribution in [1.29, 1.82) is 0 Å². The molecule has 0 saturated heterocycles. The van der Waals surface area contributed by atoms with E-state index in [0.29, 0.717) is 18.6 Å². The molecule has 1 rings (SSSR count). The van der Waals surface area contributed by atoms with Crippen LogP contribution in [0.2, 0.25) is 0 Å². The van der Waals surface area contributed by atoms with Gasteiger partial charge in [0, 0.05) is 6.04 Å². The largest absolute Gasteiger partial charge is 0.450 e. The minimum atomic E-state index is -0.265. The summed E-state index contributed by atoms with van der Waals surface area (Å²) in [4.78, 5) is 11.2. The number of alkyl carbamates (subject to hydrolysis) is 1. The highest BCUT2D eigenvalue weighted by molar-refractivity contribution is 5.67. The first kappa shape index (κ1) is 11.3. The minimum Gasteiger partial charge on any atom is -0.450 e. The van der Waals surface area contributed by atoms with Crippen molar-refractivity contribution in [2.45, 2.75) is 46.1 Å². The lowest BCUT2D eigenvalue weighted by Crippen LogP contribution is -2.43. The Labute approximate surface area is 86.2 Å². The van der Waals surface area contributed by atoms with Crippen LogP contribution in [0.4, 0.5) is 4.79 Å². The average Bonchev–Trinajstić information content (AvgIpc) is 2.12. The topological polar surface area (TPSA) is 38.3 Å². The van der Waals surface area contributed by atoms with E-state index in [9.17, 15) is 4.79 Å². The molecule has 3 atom stereocenters. The maximum Gasteiger partial charge on any atom is 0.407 e. The first-order chi connectivity index (χ1) is 6.63. The molecule has 1 aliphatic rings. The highest BCUT2D eigenvalue weighted by Crippen LogP contribution is 2.28. The van der Waals surface area contributed by atoms with Crippen molar-refractivity contribution in [2.24, 2.45) is 11.8 Å². The Hall–Kier alpha value is -0.730. The average molecular weight is 199 g/mol. The molecule has 0 aliphatic heterocycles. The molecule has 82 valence electrons. The molecule has 0 spiro atoms. The number of rotatable bonds is 2. The van der Waals surface area contributed by atoms with Crippen LogP contribution in [0, 0.1) is 11.8 Å². The molecule has 1 saturated carbocycles. The van der Waals surface area contributed by atoms with Crippen LogP contribution >= 0.6 is 0 Å². The van der Waals surface area contributed by atoms with Gasteiger partial charge in [-0.05, 0) is 31.6 Å². The number of hydrogen-bond acceptors (Lipinski definition) is 2. The van der Waals surface area contributed by atoms with Crippen LogP contribution in [-0.4, -0.2) is 18.7 Å². The third-order valence-corrected chi connectivity index (χ3v) is 3.04. The molecule has 3 nitrogen and oxygen atoms in total. The molecule has 0 aromatic carbocycles. The second kappa shape index (κ2) is 5.23. The summed E-state index contributed by atoms with van der Waals surface area (Å²) in [5, 5.41) is 2.94. The van der Waals surface area contributed by atoms with Gasteiger partial charge in [-0.15, -0.1) is 0 Å². The third kappa shape index (κ3) is 3.20. The molecule has 1 N–H and O–H groups in total. The van der Waals surface area contributed by atoms with E-state index in [1.165, 1.54) is 12.8 Å². The fourth-order valence-electron chi connectivity index (χ4n) is 2.06. The van der Waals surface area contributed by atoms with Crippen LogP contribution in [-0.2, 0) is 4.74 Å². The standard InChI is InChI=1S/C11H21NO2/c1-4-14-11(13)12-10-7-8(2)5-6-9(10)3/h8-10H,4-7H2,1-3H3,(H,12,13). The summed E-state index contributed by atoms with van der Waals surface area (Å²) < 4.78 is 4.88. The molecule has 0 aromatic heterocycles. The fourth-order valence-corrected chi connectivity index (χ4v) is 2.06.